The third-order valence-corrected chi connectivity index (χ3v) is 3.86. The van der Waals surface area contributed by atoms with Crippen LogP contribution in [0.3, 0.4) is 0 Å². The number of ether oxygens (including phenoxy) is 1. The number of benzene rings is 1. The van der Waals surface area contributed by atoms with E-state index in [-0.39, 0.29) is 30.9 Å². The lowest BCUT2D eigenvalue weighted by Crippen LogP contribution is -2.43. The lowest BCUT2D eigenvalue weighted by molar-refractivity contribution is -0.125. The molecule has 1 atom stereocenters. The van der Waals surface area contributed by atoms with E-state index in [0.717, 1.165) is 24.4 Å². The zero-order valence-electron chi connectivity index (χ0n) is 14.7. The third kappa shape index (κ3) is 6.17. The van der Waals surface area contributed by atoms with Crippen LogP contribution in [0.25, 0.3) is 0 Å². The van der Waals surface area contributed by atoms with Crippen molar-refractivity contribution < 1.29 is 14.3 Å². The standard InChI is InChI=1S/C17H28N4O3/c1-4-21(5-2)15(13-7-6-8-14(9-13)24-3)11-19-17(23)12-20-16(22)10-18/h6-9,15H,4-5,10-12,18H2,1-3H3,(H,19,23)(H,20,22). The lowest BCUT2D eigenvalue weighted by Gasteiger charge is -2.30. The number of carbonyl (C=O) groups is 2. The van der Waals surface area contributed by atoms with Crippen molar-refractivity contribution in [3.05, 3.63) is 29.8 Å². The van der Waals surface area contributed by atoms with E-state index in [0.29, 0.717) is 6.54 Å². The highest BCUT2D eigenvalue weighted by Gasteiger charge is 2.19. The van der Waals surface area contributed by atoms with E-state index >= 15 is 0 Å². The molecular formula is C17H28N4O3. The molecule has 24 heavy (non-hydrogen) atoms. The number of nitrogens with zero attached hydrogens (tertiary/aromatic N) is 1. The second-order valence-electron chi connectivity index (χ2n) is 5.30. The Morgan fingerprint density at radius 2 is 1.92 bits per heavy atom. The van der Waals surface area contributed by atoms with E-state index in [1.165, 1.54) is 0 Å². The maximum Gasteiger partial charge on any atom is 0.239 e. The van der Waals surface area contributed by atoms with Crippen LogP contribution in [0, 0.1) is 0 Å². The summed E-state index contributed by atoms with van der Waals surface area (Å²) in [5.74, 6) is 0.196. The van der Waals surface area contributed by atoms with E-state index in [1.54, 1.807) is 7.11 Å². The molecule has 0 bridgehead atoms. The molecule has 0 fully saturated rings. The van der Waals surface area contributed by atoms with Crippen LogP contribution in [0.4, 0.5) is 0 Å². The van der Waals surface area contributed by atoms with Crippen LogP contribution >= 0.6 is 0 Å². The van der Waals surface area contributed by atoms with Gasteiger partial charge in [-0.15, -0.1) is 0 Å². The van der Waals surface area contributed by atoms with Gasteiger partial charge in [0.2, 0.25) is 11.8 Å². The molecule has 1 rings (SSSR count). The number of likely N-dealkylation sites (N-methyl/N-ethyl adjacent to an activating group) is 1. The molecule has 0 radical (unpaired) electrons. The van der Waals surface area contributed by atoms with Gasteiger partial charge in [-0.25, -0.2) is 0 Å². The highest BCUT2D eigenvalue weighted by Crippen LogP contribution is 2.23. The first-order valence-electron chi connectivity index (χ1n) is 8.17. The molecule has 2 amide bonds. The van der Waals surface area contributed by atoms with Gasteiger partial charge in [0.15, 0.2) is 0 Å². The molecule has 0 aliphatic rings. The number of hydrogen-bond acceptors (Lipinski definition) is 5. The van der Waals surface area contributed by atoms with Gasteiger partial charge in [0, 0.05) is 6.54 Å². The topological polar surface area (TPSA) is 96.7 Å². The zero-order valence-corrected chi connectivity index (χ0v) is 14.7. The SMILES string of the molecule is CCN(CC)C(CNC(=O)CNC(=O)CN)c1cccc(OC)c1. The molecule has 0 spiro atoms. The van der Waals surface area contributed by atoms with Gasteiger partial charge in [0.1, 0.15) is 5.75 Å². The molecule has 1 aromatic carbocycles. The van der Waals surface area contributed by atoms with Crippen LogP contribution in [0.1, 0.15) is 25.5 Å². The monoisotopic (exact) mass is 336 g/mol. The molecule has 7 heteroatoms. The van der Waals surface area contributed by atoms with Crippen molar-refractivity contribution in [1.82, 2.24) is 15.5 Å². The number of amides is 2. The summed E-state index contributed by atoms with van der Waals surface area (Å²) in [5, 5.41) is 5.33. The second-order valence-corrected chi connectivity index (χ2v) is 5.30. The highest BCUT2D eigenvalue weighted by atomic mass is 16.5. The Balaban J connectivity index is 2.76. The fraction of sp³-hybridized carbons (Fsp3) is 0.529. The third-order valence-electron chi connectivity index (χ3n) is 3.86. The molecule has 0 aliphatic heterocycles. The highest BCUT2D eigenvalue weighted by molar-refractivity contribution is 5.85. The summed E-state index contributed by atoms with van der Waals surface area (Å²) >= 11 is 0. The summed E-state index contributed by atoms with van der Waals surface area (Å²) in [6.07, 6.45) is 0. The van der Waals surface area contributed by atoms with E-state index in [1.807, 2.05) is 24.3 Å². The Bertz CT molecular complexity index is 532. The van der Waals surface area contributed by atoms with Crippen LogP contribution in [-0.4, -0.2) is 56.5 Å². The molecular weight excluding hydrogens is 308 g/mol. The van der Waals surface area contributed by atoms with E-state index in [2.05, 4.69) is 29.4 Å². The predicted molar refractivity (Wildman–Crippen MR) is 93.7 cm³/mol. The van der Waals surface area contributed by atoms with Crippen LogP contribution in [0.2, 0.25) is 0 Å². The first kappa shape index (κ1) is 19.9. The van der Waals surface area contributed by atoms with Crippen molar-refractivity contribution in [2.24, 2.45) is 5.73 Å². The van der Waals surface area contributed by atoms with Gasteiger partial charge >= 0.3 is 0 Å². The van der Waals surface area contributed by atoms with Crippen molar-refractivity contribution in [3.8, 4) is 5.75 Å². The summed E-state index contributed by atoms with van der Waals surface area (Å²) in [4.78, 5) is 25.3. The minimum absolute atomic E-state index is 0.0317. The molecule has 4 N–H and O–H groups in total. The minimum atomic E-state index is -0.349. The fourth-order valence-electron chi connectivity index (χ4n) is 2.49. The average molecular weight is 336 g/mol. The summed E-state index contributed by atoms with van der Waals surface area (Å²) in [6.45, 7) is 6.14. The van der Waals surface area contributed by atoms with Gasteiger partial charge in [-0.1, -0.05) is 26.0 Å². The molecule has 0 saturated carbocycles. The first-order valence-corrected chi connectivity index (χ1v) is 8.17. The maximum atomic E-state index is 11.9. The Kier molecular flexibility index (Phi) is 8.81. The minimum Gasteiger partial charge on any atom is -0.497 e. The quantitative estimate of drug-likeness (QED) is 0.570. The Labute approximate surface area is 143 Å². The molecule has 0 aliphatic carbocycles. The van der Waals surface area contributed by atoms with Gasteiger partial charge in [-0.3, -0.25) is 14.5 Å². The van der Waals surface area contributed by atoms with Crippen molar-refractivity contribution in [2.75, 3.05) is 39.8 Å². The Morgan fingerprint density at radius 1 is 1.21 bits per heavy atom. The Hall–Kier alpha value is -2.12. The molecule has 1 unspecified atom stereocenters. The van der Waals surface area contributed by atoms with Gasteiger partial charge in [-0.05, 0) is 30.8 Å². The normalized spacial score (nSPS) is 11.9. The van der Waals surface area contributed by atoms with Gasteiger partial charge in [0.25, 0.3) is 0 Å². The van der Waals surface area contributed by atoms with Crippen LogP contribution < -0.4 is 21.1 Å². The number of methoxy groups -OCH3 is 1. The molecule has 7 nitrogen and oxygen atoms in total. The molecule has 134 valence electrons. The summed E-state index contributed by atoms with van der Waals surface area (Å²) in [5.41, 5.74) is 6.27. The van der Waals surface area contributed by atoms with Crippen molar-refractivity contribution in [3.63, 3.8) is 0 Å². The Morgan fingerprint density at radius 3 is 2.50 bits per heavy atom. The number of rotatable bonds is 10. The summed E-state index contributed by atoms with van der Waals surface area (Å²) in [6, 6.07) is 7.86. The van der Waals surface area contributed by atoms with Gasteiger partial charge < -0.3 is 21.1 Å². The molecule has 1 aromatic rings. The van der Waals surface area contributed by atoms with Crippen molar-refractivity contribution >= 4 is 11.8 Å². The number of nitrogens with two attached hydrogens (primary N) is 1. The van der Waals surface area contributed by atoms with Gasteiger partial charge in [-0.2, -0.15) is 0 Å². The summed E-state index contributed by atoms with van der Waals surface area (Å²) in [7, 11) is 1.63. The lowest BCUT2D eigenvalue weighted by atomic mass is 10.0. The fourth-order valence-corrected chi connectivity index (χ4v) is 2.49. The largest absolute Gasteiger partial charge is 0.497 e. The zero-order chi connectivity index (χ0) is 17.9. The average Bonchev–Trinajstić information content (AvgIpc) is 2.62. The second kappa shape index (κ2) is 10.6. The predicted octanol–water partition coefficient (Wildman–Crippen LogP) is 0.269. The van der Waals surface area contributed by atoms with E-state index in [4.69, 9.17) is 10.5 Å². The van der Waals surface area contributed by atoms with E-state index < -0.39 is 0 Å². The van der Waals surface area contributed by atoms with Crippen molar-refractivity contribution in [1.29, 1.82) is 0 Å². The maximum absolute atomic E-state index is 11.9. The first-order chi connectivity index (χ1) is 11.5. The van der Waals surface area contributed by atoms with Crippen molar-refractivity contribution in [2.45, 2.75) is 19.9 Å². The van der Waals surface area contributed by atoms with Gasteiger partial charge in [0.05, 0.1) is 26.2 Å². The van der Waals surface area contributed by atoms with Crippen LogP contribution in [0.5, 0.6) is 5.75 Å². The van der Waals surface area contributed by atoms with Crippen LogP contribution in [-0.2, 0) is 9.59 Å². The molecule has 0 aromatic heterocycles. The number of nitrogens with one attached hydrogen (secondary N) is 2. The molecule has 0 saturated heterocycles. The van der Waals surface area contributed by atoms with Crippen LogP contribution in [0.15, 0.2) is 24.3 Å². The molecule has 0 heterocycles. The number of carbonyl (C=O) groups excluding carboxylic acids is 2. The smallest absolute Gasteiger partial charge is 0.239 e. The van der Waals surface area contributed by atoms with E-state index in [9.17, 15) is 9.59 Å². The summed E-state index contributed by atoms with van der Waals surface area (Å²) < 4.78 is 5.29. The number of hydrogen-bond donors (Lipinski definition) is 3.